The number of allylic oxidation sites excluding steroid dienone is 2. The standard InChI is InChI=1S/C12H22O2/c1-9(2)6-5-7-10(3)12-13-8-11(4)14-12/h6,10-12H,5,7-8H2,1-4H3. The van der Waals surface area contributed by atoms with E-state index in [4.69, 9.17) is 9.47 Å². The molecule has 0 saturated carbocycles. The Morgan fingerprint density at radius 3 is 2.71 bits per heavy atom. The van der Waals surface area contributed by atoms with Crippen LogP contribution in [0.25, 0.3) is 0 Å². The predicted molar refractivity (Wildman–Crippen MR) is 58.1 cm³/mol. The Morgan fingerprint density at radius 1 is 1.50 bits per heavy atom. The monoisotopic (exact) mass is 198 g/mol. The Balaban J connectivity index is 2.21. The zero-order chi connectivity index (χ0) is 10.6. The molecule has 0 aliphatic carbocycles. The second-order valence-electron chi connectivity index (χ2n) is 4.48. The second kappa shape index (κ2) is 5.52. The highest BCUT2D eigenvalue weighted by molar-refractivity contribution is 4.92. The van der Waals surface area contributed by atoms with Gasteiger partial charge in [-0.2, -0.15) is 0 Å². The van der Waals surface area contributed by atoms with Gasteiger partial charge in [0.25, 0.3) is 0 Å². The molecule has 1 saturated heterocycles. The van der Waals surface area contributed by atoms with Gasteiger partial charge in [0.05, 0.1) is 12.7 Å². The summed E-state index contributed by atoms with van der Waals surface area (Å²) in [5.41, 5.74) is 1.39. The maximum atomic E-state index is 5.64. The molecule has 0 bridgehead atoms. The highest BCUT2D eigenvalue weighted by Gasteiger charge is 2.26. The minimum atomic E-state index is 0.0237. The third-order valence-electron chi connectivity index (χ3n) is 2.50. The number of hydrogen-bond donors (Lipinski definition) is 0. The normalized spacial score (nSPS) is 28.9. The van der Waals surface area contributed by atoms with E-state index in [-0.39, 0.29) is 12.4 Å². The van der Waals surface area contributed by atoms with Crippen LogP contribution in [0.5, 0.6) is 0 Å². The largest absolute Gasteiger partial charge is 0.350 e. The minimum absolute atomic E-state index is 0.0237. The first-order chi connectivity index (χ1) is 6.59. The Hall–Kier alpha value is -0.340. The number of rotatable bonds is 4. The van der Waals surface area contributed by atoms with Crippen LogP contribution in [0.15, 0.2) is 11.6 Å². The van der Waals surface area contributed by atoms with E-state index in [1.807, 2.05) is 0 Å². The Kier molecular flexibility index (Phi) is 4.63. The molecule has 0 N–H and O–H groups in total. The van der Waals surface area contributed by atoms with Crippen LogP contribution >= 0.6 is 0 Å². The van der Waals surface area contributed by atoms with Gasteiger partial charge in [-0.15, -0.1) is 0 Å². The highest BCUT2D eigenvalue weighted by Crippen LogP contribution is 2.22. The fraction of sp³-hybridized carbons (Fsp3) is 0.833. The lowest BCUT2D eigenvalue weighted by molar-refractivity contribution is -0.0909. The molecule has 3 atom stereocenters. The molecule has 1 aliphatic heterocycles. The summed E-state index contributed by atoms with van der Waals surface area (Å²) in [6.07, 6.45) is 4.83. The van der Waals surface area contributed by atoms with Gasteiger partial charge in [0.1, 0.15) is 0 Å². The van der Waals surface area contributed by atoms with Gasteiger partial charge in [-0.05, 0) is 33.6 Å². The lowest BCUT2D eigenvalue weighted by Crippen LogP contribution is -2.19. The molecule has 1 aliphatic rings. The second-order valence-corrected chi connectivity index (χ2v) is 4.48. The molecule has 3 unspecified atom stereocenters. The van der Waals surface area contributed by atoms with Gasteiger partial charge in [0.2, 0.25) is 0 Å². The molecule has 0 amide bonds. The lowest BCUT2D eigenvalue weighted by Gasteiger charge is -2.17. The van der Waals surface area contributed by atoms with Gasteiger partial charge in [-0.25, -0.2) is 0 Å². The molecule has 0 spiro atoms. The SMILES string of the molecule is CC(C)=CCCC(C)C1OCC(C)O1. The first-order valence-corrected chi connectivity index (χ1v) is 5.50. The molecule has 0 aromatic carbocycles. The quantitative estimate of drug-likeness (QED) is 0.646. The van der Waals surface area contributed by atoms with Crippen LogP contribution in [0.4, 0.5) is 0 Å². The van der Waals surface area contributed by atoms with E-state index >= 15 is 0 Å². The van der Waals surface area contributed by atoms with Gasteiger partial charge in [-0.1, -0.05) is 18.6 Å². The first kappa shape index (κ1) is 11.7. The third-order valence-corrected chi connectivity index (χ3v) is 2.50. The van der Waals surface area contributed by atoms with Crippen molar-refractivity contribution < 1.29 is 9.47 Å². The number of ether oxygens (including phenoxy) is 2. The lowest BCUT2D eigenvalue weighted by atomic mass is 10.0. The highest BCUT2D eigenvalue weighted by atomic mass is 16.7. The van der Waals surface area contributed by atoms with E-state index < -0.39 is 0 Å². The maximum absolute atomic E-state index is 5.64. The molecule has 2 heteroatoms. The van der Waals surface area contributed by atoms with Crippen molar-refractivity contribution in [3.8, 4) is 0 Å². The van der Waals surface area contributed by atoms with Crippen LogP contribution in [0.1, 0.15) is 40.5 Å². The third kappa shape index (κ3) is 3.81. The molecule has 14 heavy (non-hydrogen) atoms. The summed E-state index contributed by atoms with van der Waals surface area (Å²) in [5, 5.41) is 0. The van der Waals surface area contributed by atoms with E-state index in [9.17, 15) is 0 Å². The van der Waals surface area contributed by atoms with E-state index in [1.54, 1.807) is 0 Å². The summed E-state index contributed by atoms with van der Waals surface area (Å²) in [4.78, 5) is 0. The molecular formula is C12H22O2. The fourth-order valence-corrected chi connectivity index (χ4v) is 1.61. The molecule has 0 aromatic rings. The molecule has 1 heterocycles. The van der Waals surface area contributed by atoms with Gasteiger partial charge in [0, 0.05) is 5.92 Å². The molecule has 82 valence electrons. The summed E-state index contributed by atoms with van der Waals surface area (Å²) in [6, 6.07) is 0. The maximum Gasteiger partial charge on any atom is 0.160 e. The van der Waals surface area contributed by atoms with Crippen molar-refractivity contribution in [2.75, 3.05) is 6.61 Å². The van der Waals surface area contributed by atoms with Crippen molar-refractivity contribution in [1.29, 1.82) is 0 Å². The Morgan fingerprint density at radius 2 is 2.21 bits per heavy atom. The van der Waals surface area contributed by atoms with Crippen LogP contribution < -0.4 is 0 Å². The topological polar surface area (TPSA) is 18.5 Å². The van der Waals surface area contributed by atoms with Gasteiger partial charge in [0.15, 0.2) is 6.29 Å². The van der Waals surface area contributed by atoms with E-state index in [0.717, 1.165) is 19.4 Å². The zero-order valence-electron chi connectivity index (χ0n) is 9.75. The van der Waals surface area contributed by atoms with Crippen molar-refractivity contribution in [2.45, 2.75) is 52.9 Å². The van der Waals surface area contributed by atoms with Crippen molar-refractivity contribution in [3.05, 3.63) is 11.6 Å². The van der Waals surface area contributed by atoms with Crippen LogP contribution in [-0.2, 0) is 9.47 Å². The van der Waals surface area contributed by atoms with Gasteiger partial charge >= 0.3 is 0 Å². The van der Waals surface area contributed by atoms with Crippen LogP contribution in [-0.4, -0.2) is 19.0 Å². The van der Waals surface area contributed by atoms with Crippen LogP contribution in [0, 0.1) is 5.92 Å². The van der Waals surface area contributed by atoms with E-state index in [2.05, 4.69) is 33.8 Å². The zero-order valence-corrected chi connectivity index (χ0v) is 9.75. The van der Waals surface area contributed by atoms with Crippen LogP contribution in [0.3, 0.4) is 0 Å². The molecule has 0 radical (unpaired) electrons. The van der Waals surface area contributed by atoms with Crippen molar-refractivity contribution in [2.24, 2.45) is 5.92 Å². The van der Waals surface area contributed by atoms with Gasteiger partial charge < -0.3 is 9.47 Å². The average Bonchev–Trinajstić information content (AvgIpc) is 2.51. The predicted octanol–water partition coefficient (Wildman–Crippen LogP) is 3.13. The number of hydrogen-bond acceptors (Lipinski definition) is 2. The summed E-state index contributed by atoms with van der Waals surface area (Å²) in [6.45, 7) is 9.27. The smallest absolute Gasteiger partial charge is 0.160 e. The summed E-state index contributed by atoms with van der Waals surface area (Å²) in [5.74, 6) is 0.496. The average molecular weight is 198 g/mol. The molecule has 2 nitrogen and oxygen atoms in total. The summed E-state index contributed by atoms with van der Waals surface area (Å²) < 4.78 is 11.2. The Labute approximate surface area is 87.3 Å². The molecule has 0 aromatic heterocycles. The molecule has 1 rings (SSSR count). The van der Waals surface area contributed by atoms with E-state index in [1.165, 1.54) is 5.57 Å². The fourth-order valence-electron chi connectivity index (χ4n) is 1.61. The van der Waals surface area contributed by atoms with Crippen molar-refractivity contribution in [1.82, 2.24) is 0 Å². The molecule has 1 fully saturated rings. The van der Waals surface area contributed by atoms with E-state index in [0.29, 0.717) is 5.92 Å². The van der Waals surface area contributed by atoms with Gasteiger partial charge in [-0.3, -0.25) is 0 Å². The summed E-state index contributed by atoms with van der Waals surface area (Å²) in [7, 11) is 0. The van der Waals surface area contributed by atoms with Crippen molar-refractivity contribution >= 4 is 0 Å². The van der Waals surface area contributed by atoms with Crippen LogP contribution in [0.2, 0.25) is 0 Å². The Bertz CT molecular complexity index is 194. The first-order valence-electron chi connectivity index (χ1n) is 5.50. The van der Waals surface area contributed by atoms with Crippen molar-refractivity contribution in [3.63, 3.8) is 0 Å². The minimum Gasteiger partial charge on any atom is -0.350 e. The molecular weight excluding hydrogens is 176 g/mol. The summed E-state index contributed by atoms with van der Waals surface area (Å²) >= 11 is 0.